The maximum atomic E-state index is 11.9. The number of nitro benzene ring substituents is 1. The monoisotopic (exact) mass is 252 g/mol. The summed E-state index contributed by atoms with van der Waals surface area (Å²) >= 11 is 0. The van der Waals surface area contributed by atoms with E-state index in [0.717, 1.165) is 0 Å². The third-order valence-corrected chi connectivity index (χ3v) is 2.63. The van der Waals surface area contributed by atoms with Crippen molar-refractivity contribution in [3.63, 3.8) is 0 Å². The van der Waals surface area contributed by atoms with E-state index in [1.807, 2.05) is 11.8 Å². The number of Topliss-reactive ketones (excluding diaryl/α,β-unsaturated/α-hetero) is 1. The first-order valence-corrected chi connectivity index (χ1v) is 5.69. The first-order valence-electron chi connectivity index (χ1n) is 5.69. The molecule has 18 heavy (non-hydrogen) atoms. The number of likely N-dealkylation sites (N-methyl/N-ethyl adjacent to an activating group) is 1. The number of rotatable bonds is 7. The van der Waals surface area contributed by atoms with Crippen LogP contribution in [0.15, 0.2) is 24.3 Å². The zero-order valence-corrected chi connectivity index (χ0v) is 10.2. The number of aliphatic hydroxyl groups excluding tert-OH is 1. The molecule has 0 amide bonds. The van der Waals surface area contributed by atoms with Gasteiger partial charge in [0.1, 0.15) is 0 Å². The van der Waals surface area contributed by atoms with Crippen LogP contribution >= 0.6 is 0 Å². The summed E-state index contributed by atoms with van der Waals surface area (Å²) in [5, 5.41) is 19.3. The van der Waals surface area contributed by atoms with Crippen LogP contribution in [-0.4, -0.2) is 47.0 Å². The van der Waals surface area contributed by atoms with Crippen molar-refractivity contribution in [2.75, 3.05) is 26.2 Å². The van der Waals surface area contributed by atoms with E-state index in [1.54, 1.807) is 0 Å². The van der Waals surface area contributed by atoms with Gasteiger partial charge in [-0.05, 0) is 18.7 Å². The summed E-state index contributed by atoms with van der Waals surface area (Å²) in [7, 11) is 0. The summed E-state index contributed by atoms with van der Waals surface area (Å²) in [5.41, 5.74) is 0.409. The minimum absolute atomic E-state index is 0.00137. The van der Waals surface area contributed by atoms with Crippen molar-refractivity contribution >= 4 is 11.5 Å². The average molecular weight is 252 g/mol. The van der Waals surface area contributed by atoms with E-state index in [4.69, 9.17) is 5.11 Å². The van der Waals surface area contributed by atoms with E-state index in [1.165, 1.54) is 24.3 Å². The predicted octanol–water partition coefficient (Wildman–Crippen LogP) is 1.09. The van der Waals surface area contributed by atoms with E-state index in [2.05, 4.69) is 0 Å². The second kappa shape index (κ2) is 6.83. The second-order valence-electron chi connectivity index (χ2n) is 3.82. The molecular formula is C12H16N2O4. The zero-order chi connectivity index (χ0) is 13.5. The summed E-state index contributed by atoms with van der Waals surface area (Å²) in [6.07, 6.45) is 0. The van der Waals surface area contributed by atoms with Crippen LogP contribution in [0, 0.1) is 10.1 Å². The van der Waals surface area contributed by atoms with Crippen molar-refractivity contribution in [3.8, 4) is 0 Å². The van der Waals surface area contributed by atoms with Gasteiger partial charge in [-0.2, -0.15) is 0 Å². The van der Waals surface area contributed by atoms with Gasteiger partial charge in [-0.3, -0.25) is 19.8 Å². The van der Waals surface area contributed by atoms with Gasteiger partial charge in [-0.25, -0.2) is 0 Å². The summed E-state index contributed by atoms with van der Waals surface area (Å²) in [5.74, 6) is -0.111. The maximum absolute atomic E-state index is 11.9. The lowest BCUT2D eigenvalue weighted by Gasteiger charge is -2.17. The SMILES string of the molecule is CCN(CCO)CC(=O)c1ccc([N+](=O)[O-])cc1. The fourth-order valence-electron chi connectivity index (χ4n) is 1.55. The average Bonchev–Trinajstić information content (AvgIpc) is 2.38. The number of non-ortho nitro benzene ring substituents is 1. The molecule has 0 unspecified atom stereocenters. The van der Waals surface area contributed by atoms with Crippen molar-refractivity contribution in [2.24, 2.45) is 0 Å². The third-order valence-electron chi connectivity index (χ3n) is 2.63. The Kier molecular flexibility index (Phi) is 5.41. The van der Waals surface area contributed by atoms with E-state index in [9.17, 15) is 14.9 Å². The highest BCUT2D eigenvalue weighted by Gasteiger charge is 2.12. The minimum Gasteiger partial charge on any atom is -0.395 e. The molecule has 0 saturated heterocycles. The van der Waals surface area contributed by atoms with Crippen LogP contribution in [0.4, 0.5) is 5.69 Å². The Hall–Kier alpha value is -1.79. The minimum atomic E-state index is -0.502. The molecule has 98 valence electrons. The molecule has 0 atom stereocenters. The molecule has 6 heteroatoms. The van der Waals surface area contributed by atoms with Gasteiger partial charge in [0.25, 0.3) is 5.69 Å². The normalized spacial score (nSPS) is 10.6. The highest BCUT2D eigenvalue weighted by molar-refractivity contribution is 5.97. The Morgan fingerprint density at radius 1 is 1.39 bits per heavy atom. The molecule has 1 aromatic rings. The van der Waals surface area contributed by atoms with Gasteiger partial charge in [-0.15, -0.1) is 0 Å². The predicted molar refractivity (Wildman–Crippen MR) is 66.6 cm³/mol. The quantitative estimate of drug-likeness (QED) is 0.446. The summed E-state index contributed by atoms with van der Waals surface area (Å²) in [6, 6.07) is 5.53. The smallest absolute Gasteiger partial charge is 0.269 e. The number of carbonyl (C=O) groups is 1. The number of hydrogen-bond donors (Lipinski definition) is 1. The van der Waals surface area contributed by atoms with Gasteiger partial charge >= 0.3 is 0 Å². The molecule has 1 N–H and O–H groups in total. The highest BCUT2D eigenvalue weighted by atomic mass is 16.6. The van der Waals surface area contributed by atoms with Gasteiger partial charge in [0.05, 0.1) is 18.1 Å². The topological polar surface area (TPSA) is 83.7 Å². The highest BCUT2D eigenvalue weighted by Crippen LogP contribution is 2.12. The lowest BCUT2D eigenvalue weighted by Crippen LogP contribution is -2.32. The number of nitro groups is 1. The number of aliphatic hydroxyl groups is 1. The third kappa shape index (κ3) is 3.90. The molecule has 0 bridgehead atoms. The molecular weight excluding hydrogens is 236 g/mol. The zero-order valence-electron chi connectivity index (χ0n) is 10.2. The Balaban J connectivity index is 2.69. The molecule has 6 nitrogen and oxygen atoms in total. The first-order chi connectivity index (χ1) is 8.58. The molecule has 1 aromatic carbocycles. The Morgan fingerprint density at radius 2 is 2.00 bits per heavy atom. The van der Waals surface area contributed by atoms with E-state index in [-0.39, 0.29) is 24.6 Å². The van der Waals surface area contributed by atoms with Crippen LogP contribution in [0.2, 0.25) is 0 Å². The molecule has 0 aliphatic rings. The maximum Gasteiger partial charge on any atom is 0.269 e. The van der Waals surface area contributed by atoms with Crippen LogP contribution < -0.4 is 0 Å². The number of carbonyl (C=O) groups excluding carboxylic acids is 1. The van der Waals surface area contributed by atoms with Crippen LogP contribution in [0.1, 0.15) is 17.3 Å². The number of benzene rings is 1. The fourth-order valence-corrected chi connectivity index (χ4v) is 1.55. The Bertz CT molecular complexity index is 417. The van der Waals surface area contributed by atoms with E-state index < -0.39 is 4.92 Å². The van der Waals surface area contributed by atoms with Crippen molar-refractivity contribution < 1.29 is 14.8 Å². The van der Waals surface area contributed by atoms with Crippen LogP contribution in [0.3, 0.4) is 0 Å². The summed E-state index contributed by atoms with van der Waals surface area (Å²) < 4.78 is 0. The van der Waals surface area contributed by atoms with Gasteiger partial charge < -0.3 is 5.11 Å². The molecule has 0 saturated carbocycles. The molecule has 0 spiro atoms. The molecule has 1 rings (SSSR count). The van der Waals surface area contributed by atoms with Crippen molar-refractivity contribution in [1.82, 2.24) is 4.90 Å². The molecule has 0 fully saturated rings. The standard InChI is InChI=1S/C12H16N2O4/c1-2-13(7-8-15)9-12(16)10-3-5-11(6-4-10)14(17)18/h3-6,15H,2,7-9H2,1H3. The number of nitrogens with zero attached hydrogens (tertiary/aromatic N) is 2. The van der Waals surface area contributed by atoms with Gasteiger partial charge in [0.15, 0.2) is 5.78 Å². The summed E-state index contributed by atoms with van der Waals surface area (Å²) in [6.45, 7) is 3.21. The lowest BCUT2D eigenvalue weighted by atomic mass is 10.1. The Morgan fingerprint density at radius 3 is 2.44 bits per heavy atom. The number of hydrogen-bond acceptors (Lipinski definition) is 5. The molecule has 0 aliphatic heterocycles. The van der Waals surface area contributed by atoms with Crippen LogP contribution in [0.5, 0.6) is 0 Å². The second-order valence-corrected chi connectivity index (χ2v) is 3.82. The lowest BCUT2D eigenvalue weighted by molar-refractivity contribution is -0.384. The van der Waals surface area contributed by atoms with Crippen molar-refractivity contribution in [1.29, 1.82) is 0 Å². The molecule has 0 radical (unpaired) electrons. The van der Waals surface area contributed by atoms with Crippen LogP contribution in [-0.2, 0) is 0 Å². The van der Waals surface area contributed by atoms with Crippen molar-refractivity contribution in [2.45, 2.75) is 6.92 Å². The molecule has 0 aromatic heterocycles. The Labute approximate surface area is 105 Å². The van der Waals surface area contributed by atoms with Gasteiger partial charge in [0, 0.05) is 24.2 Å². The first kappa shape index (κ1) is 14.3. The molecule has 0 aliphatic carbocycles. The van der Waals surface area contributed by atoms with Crippen LogP contribution in [0.25, 0.3) is 0 Å². The van der Waals surface area contributed by atoms with E-state index in [0.29, 0.717) is 18.7 Å². The summed E-state index contributed by atoms with van der Waals surface area (Å²) in [4.78, 5) is 23.7. The number of ketones is 1. The fraction of sp³-hybridized carbons (Fsp3) is 0.417. The molecule has 0 heterocycles. The van der Waals surface area contributed by atoms with Crippen molar-refractivity contribution in [3.05, 3.63) is 39.9 Å². The van der Waals surface area contributed by atoms with Gasteiger partial charge in [0.2, 0.25) is 0 Å². The van der Waals surface area contributed by atoms with Gasteiger partial charge in [-0.1, -0.05) is 6.92 Å². The van der Waals surface area contributed by atoms with E-state index >= 15 is 0 Å². The largest absolute Gasteiger partial charge is 0.395 e.